The number of anilines is 2. The van der Waals surface area contributed by atoms with Gasteiger partial charge >= 0.3 is 0 Å². The number of benzene rings is 1. The molecule has 0 aliphatic carbocycles. The van der Waals surface area contributed by atoms with Gasteiger partial charge in [0.25, 0.3) is 5.91 Å². The third-order valence-corrected chi connectivity index (χ3v) is 4.28. The fraction of sp³-hybridized carbons (Fsp3) is 0.333. The molecule has 1 amide bonds. The lowest BCUT2D eigenvalue weighted by molar-refractivity contribution is 0.102. The van der Waals surface area contributed by atoms with Crippen molar-refractivity contribution in [1.82, 2.24) is 4.98 Å². The van der Waals surface area contributed by atoms with Crippen LogP contribution >= 0.6 is 11.3 Å². The summed E-state index contributed by atoms with van der Waals surface area (Å²) < 4.78 is 0. The van der Waals surface area contributed by atoms with Gasteiger partial charge in [0.05, 0.1) is 5.69 Å². The lowest BCUT2D eigenvalue weighted by Crippen LogP contribution is -2.17. The van der Waals surface area contributed by atoms with Crippen molar-refractivity contribution in [2.45, 2.75) is 20.8 Å². The molecular weight excluding hydrogens is 284 g/mol. The molecule has 0 saturated heterocycles. The molecule has 112 valence electrons. The van der Waals surface area contributed by atoms with Gasteiger partial charge in [0.1, 0.15) is 0 Å². The number of amides is 1. The van der Waals surface area contributed by atoms with Crippen LogP contribution in [0.25, 0.3) is 0 Å². The minimum absolute atomic E-state index is 0.141. The number of hydrogen-bond acceptors (Lipinski definition) is 5. The van der Waals surface area contributed by atoms with Gasteiger partial charge in [0, 0.05) is 29.2 Å². The minimum atomic E-state index is -0.141. The molecule has 1 aromatic carbocycles. The molecule has 1 heterocycles. The molecule has 0 saturated carbocycles. The van der Waals surface area contributed by atoms with Crippen molar-refractivity contribution in [1.29, 1.82) is 0 Å². The maximum atomic E-state index is 12.4. The Morgan fingerprint density at radius 1 is 1.33 bits per heavy atom. The van der Waals surface area contributed by atoms with Gasteiger partial charge in [-0.2, -0.15) is 0 Å². The molecule has 0 aliphatic heterocycles. The number of nitrogens with zero attached hydrogens (tertiary/aromatic N) is 1. The van der Waals surface area contributed by atoms with Crippen LogP contribution in [0.4, 0.5) is 10.8 Å². The average molecular weight is 304 g/mol. The van der Waals surface area contributed by atoms with Gasteiger partial charge in [-0.1, -0.05) is 6.07 Å². The number of nitrogens with one attached hydrogen (secondary N) is 2. The summed E-state index contributed by atoms with van der Waals surface area (Å²) in [6.45, 7) is 7.08. The van der Waals surface area contributed by atoms with Crippen LogP contribution in [-0.4, -0.2) is 24.0 Å². The molecule has 0 radical (unpaired) electrons. The second-order valence-corrected chi connectivity index (χ2v) is 6.01. The van der Waals surface area contributed by atoms with E-state index in [1.54, 1.807) is 0 Å². The highest BCUT2D eigenvalue weighted by Gasteiger charge is 2.14. The molecule has 0 bridgehead atoms. The number of aromatic nitrogens is 1. The van der Waals surface area contributed by atoms with Crippen molar-refractivity contribution in [3.63, 3.8) is 0 Å². The number of aryl methyl sites for hydroxylation is 2. The zero-order valence-corrected chi connectivity index (χ0v) is 13.3. The van der Waals surface area contributed by atoms with Gasteiger partial charge in [-0.05, 0) is 38.5 Å². The summed E-state index contributed by atoms with van der Waals surface area (Å²) in [6.07, 6.45) is 0. The third-order valence-electron chi connectivity index (χ3n) is 3.29. The van der Waals surface area contributed by atoms with E-state index in [0.717, 1.165) is 21.8 Å². The van der Waals surface area contributed by atoms with Crippen LogP contribution in [0.1, 0.15) is 26.5 Å². The van der Waals surface area contributed by atoms with Crippen molar-refractivity contribution >= 4 is 28.1 Å². The van der Waals surface area contributed by atoms with E-state index < -0.39 is 0 Å². The Labute approximate surface area is 128 Å². The Bertz CT molecular complexity index is 632. The maximum Gasteiger partial charge on any atom is 0.257 e. The molecule has 5 nitrogen and oxygen atoms in total. The Hall–Kier alpha value is -1.92. The number of carbonyl (C=O) groups is 1. The Morgan fingerprint density at radius 2 is 2.10 bits per heavy atom. The van der Waals surface area contributed by atoms with E-state index in [1.807, 2.05) is 39.0 Å². The quantitative estimate of drug-likeness (QED) is 0.793. The zero-order chi connectivity index (χ0) is 15.4. The van der Waals surface area contributed by atoms with E-state index in [0.29, 0.717) is 23.8 Å². The van der Waals surface area contributed by atoms with Crippen LogP contribution in [0.15, 0.2) is 18.2 Å². The first-order valence-corrected chi connectivity index (χ1v) is 7.63. The fourth-order valence-corrected chi connectivity index (χ4v) is 2.78. The second-order valence-electron chi connectivity index (χ2n) is 4.81. The van der Waals surface area contributed by atoms with E-state index >= 15 is 0 Å². The Balaban J connectivity index is 2.19. The van der Waals surface area contributed by atoms with Crippen molar-refractivity contribution < 1.29 is 4.79 Å². The molecule has 0 unspecified atom stereocenters. The summed E-state index contributed by atoms with van der Waals surface area (Å²) in [5, 5.41) is 6.71. The van der Waals surface area contributed by atoms with Gasteiger partial charge in [-0.3, -0.25) is 10.1 Å². The van der Waals surface area contributed by atoms with Crippen LogP contribution in [0.5, 0.6) is 0 Å². The monoisotopic (exact) mass is 304 g/mol. The van der Waals surface area contributed by atoms with E-state index in [1.165, 1.54) is 11.3 Å². The Kier molecular flexibility index (Phi) is 4.93. The molecule has 4 N–H and O–H groups in total. The van der Waals surface area contributed by atoms with E-state index in [9.17, 15) is 4.79 Å². The van der Waals surface area contributed by atoms with Crippen molar-refractivity contribution in [2.24, 2.45) is 5.73 Å². The largest absolute Gasteiger partial charge is 0.384 e. The number of thiazole rings is 1. The van der Waals surface area contributed by atoms with Crippen molar-refractivity contribution in [2.75, 3.05) is 23.7 Å². The first-order chi connectivity index (χ1) is 10.0. The number of nitrogens with two attached hydrogens (primary N) is 1. The first-order valence-electron chi connectivity index (χ1n) is 6.82. The van der Waals surface area contributed by atoms with Gasteiger partial charge in [0.15, 0.2) is 5.13 Å². The lowest BCUT2D eigenvalue weighted by atomic mass is 10.1. The molecule has 2 aromatic rings. The topological polar surface area (TPSA) is 80.0 Å². The fourth-order valence-electron chi connectivity index (χ4n) is 1.97. The predicted octanol–water partition coefficient (Wildman–Crippen LogP) is 2.69. The zero-order valence-electron chi connectivity index (χ0n) is 12.5. The highest BCUT2D eigenvalue weighted by Crippen LogP contribution is 2.24. The maximum absolute atomic E-state index is 12.4. The summed E-state index contributed by atoms with van der Waals surface area (Å²) >= 11 is 1.49. The number of hydrogen-bond donors (Lipinski definition) is 3. The third kappa shape index (κ3) is 3.59. The standard InChI is InChI=1S/C15H20N4OS/c1-9-12(5-4-6-13(9)17-8-7-16)14(20)19-15-18-10(2)11(3)21-15/h4-6,17H,7-8,16H2,1-3H3,(H,18,19,20). The van der Waals surface area contributed by atoms with Gasteiger partial charge < -0.3 is 11.1 Å². The molecule has 21 heavy (non-hydrogen) atoms. The van der Waals surface area contributed by atoms with Crippen molar-refractivity contribution in [3.05, 3.63) is 39.9 Å². The molecule has 6 heteroatoms. The van der Waals surface area contributed by atoms with E-state index in [2.05, 4.69) is 15.6 Å². The normalized spacial score (nSPS) is 10.5. The van der Waals surface area contributed by atoms with Gasteiger partial charge in [-0.15, -0.1) is 11.3 Å². The molecule has 0 atom stereocenters. The summed E-state index contributed by atoms with van der Waals surface area (Å²) in [5.74, 6) is -0.141. The highest BCUT2D eigenvalue weighted by atomic mass is 32.1. The summed E-state index contributed by atoms with van der Waals surface area (Å²) in [4.78, 5) is 17.8. The molecule has 0 spiro atoms. The van der Waals surface area contributed by atoms with Crippen LogP contribution in [0.3, 0.4) is 0 Å². The molecule has 0 fully saturated rings. The van der Waals surface area contributed by atoms with Gasteiger partial charge in [0.2, 0.25) is 0 Å². The lowest BCUT2D eigenvalue weighted by Gasteiger charge is -2.12. The first kappa shape index (κ1) is 15.5. The molecule has 2 rings (SSSR count). The van der Waals surface area contributed by atoms with Crippen molar-refractivity contribution in [3.8, 4) is 0 Å². The van der Waals surface area contributed by atoms with Crippen LogP contribution < -0.4 is 16.4 Å². The summed E-state index contributed by atoms with van der Waals surface area (Å²) in [6, 6.07) is 5.62. The van der Waals surface area contributed by atoms with E-state index in [4.69, 9.17) is 5.73 Å². The molecule has 1 aromatic heterocycles. The summed E-state index contributed by atoms with van der Waals surface area (Å²) in [5.41, 5.74) is 8.93. The van der Waals surface area contributed by atoms with Crippen LogP contribution in [0, 0.1) is 20.8 Å². The molecular formula is C15H20N4OS. The smallest absolute Gasteiger partial charge is 0.257 e. The average Bonchev–Trinajstić information content (AvgIpc) is 2.76. The summed E-state index contributed by atoms with van der Waals surface area (Å²) in [7, 11) is 0. The predicted molar refractivity (Wildman–Crippen MR) is 88.3 cm³/mol. The number of rotatable bonds is 5. The highest BCUT2D eigenvalue weighted by molar-refractivity contribution is 7.15. The molecule has 0 aliphatic rings. The van der Waals surface area contributed by atoms with Crippen LogP contribution in [0.2, 0.25) is 0 Å². The SMILES string of the molecule is Cc1nc(NC(=O)c2cccc(NCCN)c2C)sc1C. The van der Waals surface area contributed by atoms with E-state index in [-0.39, 0.29) is 5.91 Å². The van der Waals surface area contributed by atoms with Gasteiger partial charge in [-0.25, -0.2) is 4.98 Å². The minimum Gasteiger partial charge on any atom is -0.384 e. The van der Waals surface area contributed by atoms with Crippen LogP contribution in [-0.2, 0) is 0 Å². The Morgan fingerprint density at radius 3 is 2.71 bits per heavy atom. The second kappa shape index (κ2) is 6.69. The number of carbonyl (C=O) groups excluding carboxylic acids is 1.